The first kappa shape index (κ1) is 19.2. The molecule has 28 heavy (non-hydrogen) atoms. The molecule has 1 amide bonds. The number of benzene rings is 2. The molecule has 0 aliphatic carbocycles. The van der Waals surface area contributed by atoms with Crippen LogP contribution in [0.25, 0.3) is 0 Å². The fraction of sp³-hybridized carbons (Fsp3) is 0.263. The second-order valence-electron chi connectivity index (χ2n) is 6.74. The van der Waals surface area contributed by atoms with E-state index in [2.05, 4.69) is 9.71 Å². The van der Waals surface area contributed by atoms with Crippen LogP contribution >= 0.6 is 23.2 Å². The van der Waals surface area contributed by atoms with E-state index in [-0.39, 0.29) is 16.7 Å². The second-order valence-corrected chi connectivity index (χ2v) is 9.10. The van der Waals surface area contributed by atoms with Crippen LogP contribution in [0.4, 0.5) is 5.69 Å². The van der Waals surface area contributed by atoms with Crippen LogP contribution in [0.15, 0.2) is 51.8 Å². The van der Waals surface area contributed by atoms with Gasteiger partial charge in [0, 0.05) is 24.6 Å². The van der Waals surface area contributed by atoms with Gasteiger partial charge in [0.2, 0.25) is 5.91 Å². The summed E-state index contributed by atoms with van der Waals surface area (Å²) in [6.45, 7) is 1.09. The number of rotatable bonds is 2. The summed E-state index contributed by atoms with van der Waals surface area (Å²) in [6.07, 6.45) is 1.18. The number of piperidine rings is 1. The average molecular weight is 438 g/mol. The van der Waals surface area contributed by atoms with Crippen LogP contribution in [-0.2, 0) is 14.8 Å². The first-order valence-electron chi connectivity index (χ1n) is 8.81. The third-order valence-corrected chi connectivity index (χ3v) is 7.13. The fourth-order valence-electron chi connectivity index (χ4n) is 3.51. The lowest BCUT2D eigenvalue weighted by Gasteiger charge is -2.32. The molecular formula is C19H17Cl2N3O3S. The summed E-state index contributed by atoms with van der Waals surface area (Å²) in [4.78, 5) is 14.8. The molecule has 2 aromatic carbocycles. The van der Waals surface area contributed by atoms with E-state index in [1.807, 2.05) is 4.90 Å². The van der Waals surface area contributed by atoms with E-state index in [0.29, 0.717) is 53.1 Å². The number of sulfonamides is 1. The number of amidine groups is 1. The van der Waals surface area contributed by atoms with Crippen molar-refractivity contribution in [3.8, 4) is 0 Å². The minimum absolute atomic E-state index is 0.120. The number of nitrogens with zero attached hydrogens (tertiary/aromatic N) is 2. The number of likely N-dealkylation sites (tertiary alicyclic amines) is 1. The molecule has 0 radical (unpaired) electrons. The van der Waals surface area contributed by atoms with Gasteiger partial charge in [-0.3, -0.25) is 4.79 Å². The second kappa shape index (κ2) is 7.39. The maximum absolute atomic E-state index is 12.6. The van der Waals surface area contributed by atoms with Gasteiger partial charge in [0.25, 0.3) is 10.0 Å². The summed E-state index contributed by atoms with van der Waals surface area (Å²) in [7, 11) is -3.64. The van der Waals surface area contributed by atoms with E-state index in [4.69, 9.17) is 23.2 Å². The first-order chi connectivity index (χ1) is 13.4. The number of hydrogen-bond acceptors (Lipinski definition) is 4. The molecule has 1 N–H and O–H groups in total. The van der Waals surface area contributed by atoms with Gasteiger partial charge in [-0.05, 0) is 37.1 Å². The van der Waals surface area contributed by atoms with Crippen molar-refractivity contribution in [3.63, 3.8) is 0 Å². The Labute approximate surface area is 173 Å². The Bertz CT molecular complexity index is 1080. The molecule has 1 fully saturated rings. The van der Waals surface area contributed by atoms with Gasteiger partial charge in [0.15, 0.2) is 5.84 Å². The zero-order valence-electron chi connectivity index (χ0n) is 14.7. The van der Waals surface area contributed by atoms with Crippen molar-refractivity contribution in [3.05, 3.63) is 58.1 Å². The molecule has 0 bridgehead atoms. The average Bonchev–Trinajstić information content (AvgIpc) is 2.97. The number of hydrogen-bond donors (Lipinski definition) is 1. The zero-order chi connectivity index (χ0) is 19.9. The minimum atomic E-state index is -3.64. The quantitative estimate of drug-likeness (QED) is 0.774. The normalized spacial score (nSPS) is 18.5. The van der Waals surface area contributed by atoms with E-state index in [9.17, 15) is 13.2 Å². The van der Waals surface area contributed by atoms with Gasteiger partial charge in [-0.15, -0.1) is 4.40 Å². The number of fused-ring (bicyclic) bond motifs is 1. The maximum Gasteiger partial charge on any atom is 0.285 e. The van der Waals surface area contributed by atoms with Gasteiger partial charge in [-0.25, -0.2) is 0 Å². The summed E-state index contributed by atoms with van der Waals surface area (Å²) in [5.41, 5.74) is 1.11. The van der Waals surface area contributed by atoms with Crippen molar-refractivity contribution < 1.29 is 13.2 Å². The lowest BCUT2D eigenvalue weighted by molar-refractivity contribution is -0.120. The van der Waals surface area contributed by atoms with Gasteiger partial charge < -0.3 is 10.2 Å². The fourth-order valence-corrected chi connectivity index (χ4v) is 5.08. The van der Waals surface area contributed by atoms with Crippen molar-refractivity contribution in [2.75, 3.05) is 18.4 Å². The van der Waals surface area contributed by atoms with E-state index < -0.39 is 10.0 Å². The van der Waals surface area contributed by atoms with Crippen LogP contribution in [0, 0.1) is 5.92 Å². The first-order valence-corrected chi connectivity index (χ1v) is 11.0. The van der Waals surface area contributed by atoms with Gasteiger partial charge in [-0.2, -0.15) is 8.42 Å². The third-order valence-electron chi connectivity index (χ3n) is 4.99. The van der Waals surface area contributed by atoms with E-state index in [0.717, 1.165) is 0 Å². The molecule has 146 valence electrons. The molecule has 4 rings (SSSR count). The predicted molar refractivity (Wildman–Crippen MR) is 110 cm³/mol. The van der Waals surface area contributed by atoms with Crippen molar-refractivity contribution in [2.45, 2.75) is 17.7 Å². The number of anilines is 1. The van der Waals surface area contributed by atoms with Crippen LogP contribution in [-0.4, -0.2) is 38.2 Å². The molecule has 2 aliphatic heterocycles. The largest absolute Gasteiger partial charge is 0.355 e. The molecule has 0 saturated carbocycles. The Hall–Kier alpha value is -2.09. The Balaban J connectivity index is 1.44. The number of halogens is 2. The molecule has 2 heterocycles. The highest BCUT2D eigenvalue weighted by Gasteiger charge is 2.34. The highest BCUT2D eigenvalue weighted by Crippen LogP contribution is 2.32. The summed E-state index contributed by atoms with van der Waals surface area (Å²) < 4.78 is 28.4. The molecule has 6 nitrogen and oxygen atoms in total. The van der Waals surface area contributed by atoms with Crippen molar-refractivity contribution in [1.82, 2.24) is 4.90 Å². The van der Waals surface area contributed by atoms with Crippen LogP contribution in [0.3, 0.4) is 0 Å². The number of nitrogens with one attached hydrogen (secondary N) is 1. The standard InChI is InChI=1S/C19H17Cl2N3O3S/c20-14-5-3-6-15(17(14)21)22-19(25)12-8-10-24(11-9-12)18-13-4-1-2-7-16(13)28(26,27)23-18/h1-7,12H,8-11H2,(H,22,25). The molecule has 0 atom stereocenters. The Morgan fingerprint density at radius 2 is 1.79 bits per heavy atom. The Morgan fingerprint density at radius 3 is 2.54 bits per heavy atom. The van der Waals surface area contributed by atoms with Crippen molar-refractivity contribution in [2.24, 2.45) is 10.3 Å². The van der Waals surface area contributed by atoms with Crippen LogP contribution in [0.2, 0.25) is 10.0 Å². The molecule has 0 unspecified atom stereocenters. The zero-order valence-corrected chi connectivity index (χ0v) is 17.1. The third kappa shape index (κ3) is 3.50. The molecule has 1 saturated heterocycles. The summed E-state index contributed by atoms with van der Waals surface area (Å²) in [5.74, 6) is 0.151. The van der Waals surface area contributed by atoms with Crippen LogP contribution < -0.4 is 5.32 Å². The SMILES string of the molecule is O=C(Nc1cccc(Cl)c1Cl)C1CCN(C2=NS(=O)(=O)c3ccccc32)CC1. The Morgan fingerprint density at radius 1 is 1.07 bits per heavy atom. The van der Waals surface area contributed by atoms with E-state index in [1.54, 1.807) is 42.5 Å². The monoisotopic (exact) mass is 437 g/mol. The maximum atomic E-state index is 12.6. The lowest BCUT2D eigenvalue weighted by atomic mass is 9.95. The lowest BCUT2D eigenvalue weighted by Crippen LogP contribution is -2.41. The van der Waals surface area contributed by atoms with E-state index in [1.165, 1.54) is 0 Å². The van der Waals surface area contributed by atoms with Crippen molar-refractivity contribution >= 4 is 50.7 Å². The van der Waals surface area contributed by atoms with Crippen molar-refractivity contribution in [1.29, 1.82) is 0 Å². The molecule has 0 aromatic heterocycles. The highest BCUT2D eigenvalue weighted by atomic mass is 35.5. The number of carbonyl (C=O) groups is 1. The smallest absolute Gasteiger partial charge is 0.285 e. The predicted octanol–water partition coefficient (Wildman–Crippen LogP) is 3.79. The molecular weight excluding hydrogens is 421 g/mol. The summed E-state index contributed by atoms with van der Waals surface area (Å²) in [5, 5.41) is 3.53. The molecule has 2 aromatic rings. The van der Waals surface area contributed by atoms with Gasteiger partial charge in [-0.1, -0.05) is 41.4 Å². The number of carbonyl (C=O) groups excluding carboxylic acids is 1. The van der Waals surface area contributed by atoms with E-state index >= 15 is 0 Å². The molecule has 2 aliphatic rings. The molecule has 0 spiro atoms. The summed E-state index contributed by atoms with van der Waals surface area (Å²) >= 11 is 12.1. The van der Waals surface area contributed by atoms with Gasteiger partial charge in [0.05, 0.1) is 15.7 Å². The van der Waals surface area contributed by atoms with Crippen LogP contribution in [0.5, 0.6) is 0 Å². The minimum Gasteiger partial charge on any atom is -0.355 e. The Kier molecular flexibility index (Phi) is 5.07. The number of amides is 1. The summed E-state index contributed by atoms with van der Waals surface area (Å²) in [6, 6.07) is 11.9. The van der Waals surface area contributed by atoms with Gasteiger partial charge in [0.1, 0.15) is 4.90 Å². The molecule has 9 heteroatoms. The van der Waals surface area contributed by atoms with Gasteiger partial charge >= 0.3 is 0 Å². The topological polar surface area (TPSA) is 78.8 Å². The van der Waals surface area contributed by atoms with Crippen LogP contribution in [0.1, 0.15) is 18.4 Å². The highest BCUT2D eigenvalue weighted by molar-refractivity contribution is 7.90.